The molecule has 2 unspecified atom stereocenters. The third kappa shape index (κ3) is 2.19. The molecule has 3 rings (SSSR count). The molecule has 1 aliphatic heterocycles. The Morgan fingerprint density at radius 3 is 2.72 bits per heavy atom. The van der Waals surface area contributed by atoms with Crippen LogP contribution in [0.3, 0.4) is 0 Å². The predicted molar refractivity (Wildman–Crippen MR) is 68.9 cm³/mol. The largest absolute Gasteiger partial charge is 0.477 e. The van der Waals surface area contributed by atoms with Crippen molar-refractivity contribution >= 4 is 11.7 Å². The van der Waals surface area contributed by atoms with Crippen molar-refractivity contribution in [1.82, 2.24) is 4.98 Å². The molecule has 4 nitrogen and oxygen atoms in total. The molecule has 0 radical (unpaired) electrons. The first-order chi connectivity index (χ1) is 8.72. The highest BCUT2D eigenvalue weighted by molar-refractivity contribution is 5.86. The maximum absolute atomic E-state index is 11.0. The van der Waals surface area contributed by atoms with Crippen LogP contribution in [-0.4, -0.2) is 29.1 Å². The van der Waals surface area contributed by atoms with Gasteiger partial charge < -0.3 is 10.0 Å². The number of aromatic nitrogens is 1. The maximum Gasteiger partial charge on any atom is 0.354 e. The van der Waals surface area contributed by atoms with Crippen LogP contribution in [0.1, 0.15) is 36.2 Å². The molecule has 1 aromatic rings. The van der Waals surface area contributed by atoms with E-state index in [-0.39, 0.29) is 5.69 Å². The Labute approximate surface area is 107 Å². The van der Waals surface area contributed by atoms with Gasteiger partial charge in [0.05, 0.1) is 0 Å². The molecule has 0 aromatic carbocycles. The Morgan fingerprint density at radius 2 is 2.06 bits per heavy atom. The summed E-state index contributed by atoms with van der Waals surface area (Å²) in [5.41, 5.74) is 1.15. The lowest BCUT2D eigenvalue weighted by molar-refractivity contribution is 0.0690. The molecule has 0 spiro atoms. The number of carbonyl (C=O) groups is 1. The molecule has 4 heteroatoms. The summed E-state index contributed by atoms with van der Waals surface area (Å²) in [6.45, 7) is 2.14. The Balaban J connectivity index is 1.82. The fraction of sp³-hybridized carbons (Fsp3) is 0.571. The summed E-state index contributed by atoms with van der Waals surface area (Å²) in [4.78, 5) is 17.2. The van der Waals surface area contributed by atoms with Gasteiger partial charge in [0.15, 0.2) is 0 Å². The Bertz CT molecular complexity index is 449. The predicted octanol–water partition coefficient (Wildman–Crippen LogP) is 2.41. The molecular formula is C14H18N2O2. The van der Waals surface area contributed by atoms with Gasteiger partial charge in [-0.2, -0.15) is 0 Å². The van der Waals surface area contributed by atoms with E-state index >= 15 is 0 Å². The maximum atomic E-state index is 11.0. The summed E-state index contributed by atoms with van der Waals surface area (Å²) >= 11 is 0. The van der Waals surface area contributed by atoms with Crippen LogP contribution in [0.2, 0.25) is 0 Å². The number of anilines is 1. The van der Waals surface area contributed by atoms with Crippen molar-refractivity contribution in [3.8, 4) is 0 Å². The molecule has 1 saturated carbocycles. The number of carboxylic acids is 1. The van der Waals surface area contributed by atoms with E-state index in [4.69, 9.17) is 5.11 Å². The molecular weight excluding hydrogens is 228 g/mol. The standard InChI is InChI=1S/C14H18N2O2/c17-14(18)13-7-12(4-5-15-13)16-8-10-2-1-3-11(6-10)9-16/h4-5,7,10-11H,1-3,6,8-9H2,(H,17,18). The second-order valence-electron chi connectivity index (χ2n) is 5.51. The van der Waals surface area contributed by atoms with Crippen LogP contribution < -0.4 is 4.90 Å². The minimum absolute atomic E-state index is 0.142. The summed E-state index contributed by atoms with van der Waals surface area (Å²) in [7, 11) is 0. The molecule has 2 bridgehead atoms. The van der Waals surface area contributed by atoms with Crippen molar-refractivity contribution in [2.75, 3.05) is 18.0 Å². The van der Waals surface area contributed by atoms with Gasteiger partial charge in [0, 0.05) is 25.0 Å². The summed E-state index contributed by atoms with van der Waals surface area (Å²) in [5, 5.41) is 8.99. The lowest BCUT2D eigenvalue weighted by Crippen LogP contribution is -2.42. The molecule has 0 amide bonds. The van der Waals surface area contributed by atoms with Crippen LogP contribution in [0.5, 0.6) is 0 Å². The lowest BCUT2D eigenvalue weighted by Gasteiger charge is -2.42. The van der Waals surface area contributed by atoms with Crippen LogP contribution in [0.15, 0.2) is 18.3 Å². The quantitative estimate of drug-likeness (QED) is 0.870. The van der Waals surface area contributed by atoms with Crippen molar-refractivity contribution in [2.45, 2.75) is 25.7 Å². The number of hydrogen-bond donors (Lipinski definition) is 1. The molecule has 2 heterocycles. The average Bonchev–Trinajstić information content (AvgIpc) is 2.38. The smallest absolute Gasteiger partial charge is 0.354 e. The monoisotopic (exact) mass is 246 g/mol. The number of fused-ring (bicyclic) bond motifs is 2. The van der Waals surface area contributed by atoms with Gasteiger partial charge in [0.1, 0.15) is 5.69 Å². The first-order valence-corrected chi connectivity index (χ1v) is 6.66. The molecule has 1 N–H and O–H groups in total. The molecule has 1 aliphatic carbocycles. The number of rotatable bonds is 2. The fourth-order valence-electron chi connectivity index (χ4n) is 3.38. The topological polar surface area (TPSA) is 53.4 Å². The van der Waals surface area contributed by atoms with Gasteiger partial charge in [0.2, 0.25) is 0 Å². The number of carboxylic acid groups (broad SMARTS) is 1. The van der Waals surface area contributed by atoms with Gasteiger partial charge in [-0.25, -0.2) is 9.78 Å². The normalized spacial score (nSPS) is 27.0. The third-order valence-corrected chi connectivity index (χ3v) is 4.18. The third-order valence-electron chi connectivity index (χ3n) is 4.18. The van der Waals surface area contributed by atoms with Gasteiger partial charge >= 0.3 is 5.97 Å². The van der Waals surface area contributed by atoms with Crippen LogP contribution in [0, 0.1) is 11.8 Å². The number of aromatic carboxylic acids is 1. The van der Waals surface area contributed by atoms with Gasteiger partial charge in [-0.3, -0.25) is 0 Å². The minimum atomic E-state index is -0.950. The van der Waals surface area contributed by atoms with E-state index in [2.05, 4.69) is 9.88 Å². The highest BCUT2D eigenvalue weighted by Crippen LogP contribution is 2.36. The number of nitrogens with zero attached hydrogens (tertiary/aromatic N) is 2. The molecule has 2 atom stereocenters. The Kier molecular flexibility index (Phi) is 2.94. The van der Waals surface area contributed by atoms with Crippen LogP contribution in [-0.2, 0) is 0 Å². The zero-order valence-electron chi connectivity index (χ0n) is 10.4. The SMILES string of the molecule is O=C(O)c1cc(N2CC3CCCC(C3)C2)ccn1. The minimum Gasteiger partial charge on any atom is -0.477 e. The average molecular weight is 246 g/mol. The van der Waals surface area contributed by atoms with E-state index < -0.39 is 5.97 Å². The van der Waals surface area contributed by atoms with Gasteiger partial charge in [-0.05, 0) is 43.2 Å². The Morgan fingerprint density at radius 1 is 1.33 bits per heavy atom. The Hall–Kier alpha value is -1.58. The molecule has 18 heavy (non-hydrogen) atoms. The molecule has 96 valence electrons. The van der Waals surface area contributed by atoms with Crippen molar-refractivity contribution in [3.05, 3.63) is 24.0 Å². The van der Waals surface area contributed by atoms with E-state index in [1.54, 1.807) is 12.3 Å². The first-order valence-electron chi connectivity index (χ1n) is 6.66. The lowest BCUT2D eigenvalue weighted by atomic mass is 9.78. The second kappa shape index (κ2) is 4.59. The molecule has 1 saturated heterocycles. The van der Waals surface area contributed by atoms with Crippen LogP contribution in [0.4, 0.5) is 5.69 Å². The number of hydrogen-bond acceptors (Lipinski definition) is 3. The second-order valence-corrected chi connectivity index (χ2v) is 5.51. The summed E-state index contributed by atoms with van der Waals surface area (Å²) in [6.07, 6.45) is 6.96. The van der Waals surface area contributed by atoms with E-state index in [0.29, 0.717) is 0 Å². The summed E-state index contributed by atoms with van der Waals surface area (Å²) in [6, 6.07) is 3.62. The van der Waals surface area contributed by atoms with Crippen molar-refractivity contribution < 1.29 is 9.90 Å². The molecule has 1 aromatic heterocycles. The van der Waals surface area contributed by atoms with Gasteiger partial charge in [0.25, 0.3) is 0 Å². The molecule has 2 aliphatic rings. The van der Waals surface area contributed by atoms with Crippen molar-refractivity contribution in [3.63, 3.8) is 0 Å². The van der Waals surface area contributed by atoms with E-state index in [1.807, 2.05) is 6.07 Å². The zero-order valence-corrected chi connectivity index (χ0v) is 10.4. The van der Waals surface area contributed by atoms with Crippen LogP contribution >= 0.6 is 0 Å². The van der Waals surface area contributed by atoms with Crippen molar-refractivity contribution in [1.29, 1.82) is 0 Å². The van der Waals surface area contributed by atoms with E-state index in [1.165, 1.54) is 25.7 Å². The van der Waals surface area contributed by atoms with E-state index in [9.17, 15) is 4.79 Å². The summed E-state index contributed by atoms with van der Waals surface area (Å²) in [5.74, 6) is 0.631. The van der Waals surface area contributed by atoms with Crippen LogP contribution in [0.25, 0.3) is 0 Å². The highest BCUT2D eigenvalue weighted by Gasteiger charge is 2.30. The zero-order chi connectivity index (χ0) is 12.5. The van der Waals surface area contributed by atoms with E-state index in [0.717, 1.165) is 30.6 Å². The van der Waals surface area contributed by atoms with Gasteiger partial charge in [-0.15, -0.1) is 0 Å². The molecule has 2 fully saturated rings. The number of piperidine rings is 1. The van der Waals surface area contributed by atoms with Crippen molar-refractivity contribution in [2.24, 2.45) is 11.8 Å². The van der Waals surface area contributed by atoms with Gasteiger partial charge in [-0.1, -0.05) is 6.42 Å². The number of pyridine rings is 1. The fourth-order valence-corrected chi connectivity index (χ4v) is 3.38. The highest BCUT2D eigenvalue weighted by atomic mass is 16.4. The first kappa shape index (κ1) is 11.5. The summed E-state index contributed by atoms with van der Waals surface area (Å²) < 4.78 is 0.